The summed E-state index contributed by atoms with van der Waals surface area (Å²) < 4.78 is 1.50. The summed E-state index contributed by atoms with van der Waals surface area (Å²) in [4.78, 5) is 10.4. The molecule has 1 atom stereocenters. The predicted octanol–water partition coefficient (Wildman–Crippen LogP) is -0.00120. The Bertz CT molecular complexity index is 232. The third-order valence-corrected chi connectivity index (χ3v) is 1.35. The lowest BCUT2D eigenvalue weighted by molar-refractivity contribution is -0.141. The van der Waals surface area contributed by atoms with Crippen LogP contribution in [0, 0.1) is 5.92 Å². The topological polar surface area (TPSA) is 68.0 Å². The van der Waals surface area contributed by atoms with Gasteiger partial charge in [0.25, 0.3) is 0 Å². The largest absolute Gasteiger partial charge is 0.481 e. The van der Waals surface area contributed by atoms with E-state index in [0.29, 0.717) is 6.54 Å². The molecule has 1 unspecified atom stereocenters. The first-order valence-electron chi connectivity index (χ1n) is 3.27. The second kappa shape index (κ2) is 3.14. The molecule has 0 aliphatic rings. The van der Waals surface area contributed by atoms with Gasteiger partial charge in [-0.15, -0.1) is 5.10 Å². The van der Waals surface area contributed by atoms with Gasteiger partial charge in [0.15, 0.2) is 0 Å². The van der Waals surface area contributed by atoms with E-state index in [4.69, 9.17) is 5.11 Å². The van der Waals surface area contributed by atoms with Crippen LogP contribution in [0.15, 0.2) is 12.4 Å². The number of rotatable bonds is 3. The van der Waals surface area contributed by atoms with Crippen LogP contribution in [0.4, 0.5) is 0 Å². The van der Waals surface area contributed by atoms with E-state index in [9.17, 15) is 4.79 Å². The van der Waals surface area contributed by atoms with Crippen LogP contribution in [0.1, 0.15) is 6.92 Å². The van der Waals surface area contributed by atoms with Gasteiger partial charge in [0, 0.05) is 6.20 Å². The molecule has 0 amide bonds. The van der Waals surface area contributed by atoms with Gasteiger partial charge in [0.05, 0.1) is 18.7 Å². The van der Waals surface area contributed by atoms with Crippen LogP contribution in [0.3, 0.4) is 0 Å². The van der Waals surface area contributed by atoms with Gasteiger partial charge in [-0.05, 0) is 0 Å². The van der Waals surface area contributed by atoms with Crippen LogP contribution in [0.2, 0.25) is 0 Å². The summed E-state index contributed by atoms with van der Waals surface area (Å²) in [5.41, 5.74) is 0. The van der Waals surface area contributed by atoms with Gasteiger partial charge < -0.3 is 5.11 Å². The fourth-order valence-corrected chi connectivity index (χ4v) is 0.689. The van der Waals surface area contributed by atoms with E-state index in [1.165, 1.54) is 10.9 Å². The average Bonchev–Trinajstić information content (AvgIpc) is 2.39. The molecular weight excluding hydrogens is 146 g/mol. The van der Waals surface area contributed by atoms with Crippen LogP contribution in [-0.2, 0) is 11.3 Å². The van der Waals surface area contributed by atoms with Gasteiger partial charge in [-0.25, -0.2) is 0 Å². The lowest BCUT2D eigenvalue weighted by Crippen LogP contribution is -2.16. The molecule has 0 radical (unpaired) electrons. The van der Waals surface area contributed by atoms with Crippen molar-refractivity contribution in [2.75, 3.05) is 0 Å². The molecule has 0 aromatic carbocycles. The quantitative estimate of drug-likeness (QED) is 0.667. The van der Waals surface area contributed by atoms with E-state index in [-0.39, 0.29) is 0 Å². The number of carbonyl (C=O) groups is 1. The van der Waals surface area contributed by atoms with Crippen molar-refractivity contribution in [3.05, 3.63) is 12.4 Å². The molecule has 0 bridgehead atoms. The van der Waals surface area contributed by atoms with E-state index in [2.05, 4.69) is 10.3 Å². The van der Waals surface area contributed by atoms with Gasteiger partial charge in [0.1, 0.15) is 0 Å². The molecule has 1 heterocycles. The molecular formula is C6H9N3O2. The van der Waals surface area contributed by atoms with Crippen molar-refractivity contribution in [3.63, 3.8) is 0 Å². The first-order chi connectivity index (χ1) is 5.20. The van der Waals surface area contributed by atoms with Crippen molar-refractivity contribution >= 4 is 5.97 Å². The highest BCUT2D eigenvalue weighted by Gasteiger charge is 2.10. The van der Waals surface area contributed by atoms with Crippen molar-refractivity contribution < 1.29 is 9.90 Å². The van der Waals surface area contributed by atoms with Gasteiger partial charge in [-0.3, -0.25) is 9.48 Å². The maximum absolute atomic E-state index is 10.4. The smallest absolute Gasteiger partial charge is 0.308 e. The maximum atomic E-state index is 10.4. The van der Waals surface area contributed by atoms with Crippen LogP contribution in [0.25, 0.3) is 0 Å². The molecule has 11 heavy (non-hydrogen) atoms. The molecule has 1 aromatic rings. The molecule has 1 N–H and O–H groups in total. The van der Waals surface area contributed by atoms with Gasteiger partial charge in [-0.1, -0.05) is 12.1 Å². The SMILES string of the molecule is CC(Cn1ccnn1)C(=O)O. The van der Waals surface area contributed by atoms with Crippen molar-refractivity contribution in [2.24, 2.45) is 5.92 Å². The molecule has 0 aliphatic carbocycles. The zero-order valence-electron chi connectivity index (χ0n) is 6.14. The molecule has 5 nitrogen and oxygen atoms in total. The van der Waals surface area contributed by atoms with E-state index >= 15 is 0 Å². The van der Waals surface area contributed by atoms with E-state index in [1.807, 2.05) is 0 Å². The van der Waals surface area contributed by atoms with E-state index in [1.54, 1.807) is 13.1 Å². The summed E-state index contributed by atoms with van der Waals surface area (Å²) in [5.74, 6) is -1.24. The zero-order valence-corrected chi connectivity index (χ0v) is 6.14. The molecule has 0 saturated carbocycles. The zero-order chi connectivity index (χ0) is 8.27. The lowest BCUT2D eigenvalue weighted by Gasteiger charge is -2.03. The van der Waals surface area contributed by atoms with Crippen LogP contribution < -0.4 is 0 Å². The van der Waals surface area contributed by atoms with E-state index < -0.39 is 11.9 Å². The Hall–Kier alpha value is -1.39. The Balaban J connectivity index is 2.50. The highest BCUT2D eigenvalue weighted by molar-refractivity contribution is 5.69. The molecule has 60 valence electrons. The minimum Gasteiger partial charge on any atom is -0.481 e. The molecule has 1 aromatic heterocycles. The third kappa shape index (κ3) is 2.03. The highest BCUT2D eigenvalue weighted by atomic mass is 16.4. The van der Waals surface area contributed by atoms with E-state index in [0.717, 1.165) is 0 Å². The number of carboxylic acid groups (broad SMARTS) is 1. The molecule has 5 heteroatoms. The molecule has 0 fully saturated rings. The maximum Gasteiger partial charge on any atom is 0.308 e. The average molecular weight is 155 g/mol. The number of hydrogen-bond donors (Lipinski definition) is 1. The van der Waals surface area contributed by atoms with Crippen LogP contribution in [0.5, 0.6) is 0 Å². The Morgan fingerprint density at radius 2 is 2.55 bits per heavy atom. The second-order valence-corrected chi connectivity index (χ2v) is 2.36. The van der Waals surface area contributed by atoms with Crippen molar-refractivity contribution in [1.29, 1.82) is 0 Å². The van der Waals surface area contributed by atoms with Crippen molar-refractivity contribution in [3.8, 4) is 0 Å². The van der Waals surface area contributed by atoms with Crippen LogP contribution >= 0.6 is 0 Å². The molecule has 1 rings (SSSR count). The van der Waals surface area contributed by atoms with Gasteiger partial charge in [0.2, 0.25) is 0 Å². The first kappa shape index (κ1) is 7.71. The number of aromatic nitrogens is 3. The number of carboxylic acids is 1. The summed E-state index contributed by atoms with van der Waals surface area (Å²) in [6.45, 7) is 2.00. The van der Waals surface area contributed by atoms with Gasteiger partial charge in [-0.2, -0.15) is 0 Å². The second-order valence-electron chi connectivity index (χ2n) is 2.36. The predicted molar refractivity (Wildman–Crippen MR) is 36.8 cm³/mol. The van der Waals surface area contributed by atoms with Gasteiger partial charge >= 0.3 is 5.97 Å². The Kier molecular flexibility index (Phi) is 2.20. The Labute approximate surface area is 63.6 Å². The monoisotopic (exact) mass is 155 g/mol. The summed E-state index contributed by atoms with van der Waals surface area (Å²) in [7, 11) is 0. The summed E-state index contributed by atoms with van der Waals surface area (Å²) in [5, 5.41) is 15.7. The van der Waals surface area contributed by atoms with Crippen molar-refractivity contribution in [1.82, 2.24) is 15.0 Å². The van der Waals surface area contributed by atoms with Crippen molar-refractivity contribution in [2.45, 2.75) is 13.5 Å². The highest BCUT2D eigenvalue weighted by Crippen LogP contribution is 1.97. The normalized spacial score (nSPS) is 12.8. The number of aliphatic carboxylic acids is 1. The molecule has 0 spiro atoms. The molecule has 0 saturated heterocycles. The lowest BCUT2D eigenvalue weighted by atomic mass is 10.2. The minimum atomic E-state index is -0.819. The Morgan fingerprint density at radius 3 is 3.00 bits per heavy atom. The Morgan fingerprint density at radius 1 is 1.82 bits per heavy atom. The summed E-state index contributed by atoms with van der Waals surface area (Å²) in [6, 6.07) is 0. The number of hydrogen-bond acceptors (Lipinski definition) is 3. The summed E-state index contributed by atoms with van der Waals surface area (Å²) >= 11 is 0. The standard InChI is InChI=1S/C6H9N3O2/c1-5(6(10)11)4-9-3-2-7-8-9/h2-3,5H,4H2,1H3,(H,10,11). The summed E-state index contributed by atoms with van der Waals surface area (Å²) in [6.07, 6.45) is 3.16. The first-order valence-corrected chi connectivity index (χ1v) is 3.27. The van der Waals surface area contributed by atoms with Crippen LogP contribution in [-0.4, -0.2) is 26.1 Å². The fraction of sp³-hybridized carbons (Fsp3) is 0.500. The third-order valence-electron chi connectivity index (χ3n) is 1.35. The number of nitrogens with zero attached hydrogens (tertiary/aromatic N) is 3. The fourth-order valence-electron chi connectivity index (χ4n) is 0.689. The molecule has 0 aliphatic heterocycles. The minimum absolute atomic E-state index is 0.370.